The molecule has 190 valence electrons. The van der Waals surface area contributed by atoms with Crippen LogP contribution in [-0.4, -0.2) is 64.1 Å². The lowest BCUT2D eigenvalue weighted by atomic mass is 9.77. The summed E-state index contributed by atoms with van der Waals surface area (Å²) in [4.78, 5) is 23.5. The van der Waals surface area contributed by atoms with Gasteiger partial charge < -0.3 is 10.0 Å². The first-order valence-corrected chi connectivity index (χ1v) is 12.9. The van der Waals surface area contributed by atoms with E-state index in [9.17, 15) is 9.90 Å². The van der Waals surface area contributed by atoms with E-state index in [2.05, 4.69) is 43.2 Å². The summed E-state index contributed by atoms with van der Waals surface area (Å²) in [6.07, 6.45) is 16.9. The monoisotopic (exact) mass is 497 g/mol. The van der Waals surface area contributed by atoms with Gasteiger partial charge in [0.15, 0.2) is 5.82 Å². The zero-order valence-corrected chi connectivity index (χ0v) is 21.0. The highest BCUT2D eigenvalue weighted by atomic mass is 16.3. The smallest absolute Gasteiger partial charge is 0.223 e. The van der Waals surface area contributed by atoms with Crippen molar-refractivity contribution in [2.75, 3.05) is 13.2 Å². The summed E-state index contributed by atoms with van der Waals surface area (Å²) in [5, 5.41) is 18.3. The summed E-state index contributed by atoms with van der Waals surface area (Å²) in [6.45, 7) is 0.468. The Morgan fingerprint density at radius 1 is 0.919 bits per heavy atom. The fourth-order valence-corrected chi connectivity index (χ4v) is 5.98. The normalized spacial score (nSPS) is 21.7. The van der Waals surface area contributed by atoms with Gasteiger partial charge in [0.25, 0.3) is 0 Å². The number of aromatic nitrogens is 6. The van der Waals surface area contributed by atoms with Crippen LogP contribution in [0.3, 0.4) is 0 Å². The number of likely N-dealkylation sites (tertiary alicyclic amines) is 1. The molecule has 3 aromatic heterocycles. The van der Waals surface area contributed by atoms with Crippen LogP contribution < -0.4 is 0 Å². The largest absolute Gasteiger partial charge is 0.395 e. The summed E-state index contributed by atoms with van der Waals surface area (Å²) < 4.78 is 3.85. The van der Waals surface area contributed by atoms with Gasteiger partial charge in [-0.15, -0.1) is 0 Å². The van der Waals surface area contributed by atoms with E-state index >= 15 is 0 Å². The topological polar surface area (TPSA) is 102 Å². The van der Waals surface area contributed by atoms with Gasteiger partial charge in [-0.2, -0.15) is 10.2 Å². The summed E-state index contributed by atoms with van der Waals surface area (Å²) in [6, 6.07) is 8.48. The molecule has 1 saturated carbocycles. The van der Waals surface area contributed by atoms with Crippen molar-refractivity contribution >= 4 is 5.91 Å². The van der Waals surface area contributed by atoms with Crippen molar-refractivity contribution in [1.82, 2.24) is 34.4 Å². The van der Waals surface area contributed by atoms with Gasteiger partial charge in [-0.25, -0.2) is 9.97 Å². The third kappa shape index (κ3) is 4.44. The van der Waals surface area contributed by atoms with Crippen molar-refractivity contribution in [1.29, 1.82) is 0 Å². The van der Waals surface area contributed by atoms with Gasteiger partial charge in [0, 0.05) is 72.6 Å². The van der Waals surface area contributed by atoms with Crippen molar-refractivity contribution < 1.29 is 9.90 Å². The van der Waals surface area contributed by atoms with Gasteiger partial charge in [-0.1, -0.05) is 18.2 Å². The molecule has 6 rings (SSSR count). The van der Waals surface area contributed by atoms with Crippen LogP contribution in [0.15, 0.2) is 61.4 Å². The third-order valence-electron chi connectivity index (χ3n) is 8.01. The number of hydrogen-bond donors (Lipinski definition) is 1. The van der Waals surface area contributed by atoms with Gasteiger partial charge in [0.05, 0.1) is 25.0 Å². The molecule has 2 fully saturated rings. The molecule has 1 N–H and O–H groups in total. The first-order valence-electron chi connectivity index (χ1n) is 12.9. The Morgan fingerprint density at radius 3 is 2.38 bits per heavy atom. The van der Waals surface area contributed by atoms with Crippen molar-refractivity contribution in [2.24, 2.45) is 7.05 Å². The second-order valence-electron chi connectivity index (χ2n) is 10.2. The zero-order valence-electron chi connectivity index (χ0n) is 21.0. The molecule has 1 aliphatic heterocycles. The lowest BCUT2D eigenvalue weighted by molar-refractivity contribution is -0.133. The van der Waals surface area contributed by atoms with E-state index in [1.165, 1.54) is 0 Å². The van der Waals surface area contributed by atoms with Crippen LogP contribution in [0.5, 0.6) is 0 Å². The fourth-order valence-electron chi connectivity index (χ4n) is 5.98. The highest BCUT2D eigenvalue weighted by Crippen LogP contribution is 2.45. The molecular formula is C28H31N7O2. The standard InChI is InChI=1S/C28H31N7O2/c1-33-18-23(16-31-33)20-3-2-4-21(13-20)27-29-14-22(15-30-27)24-17-32-35(19-24)25-5-8-28(9-6-25)10-7-26(37)34(28)11-12-36/h2-4,13-19,25,36H,5-12H2,1H3/t25-,28+. The number of amides is 1. The number of rotatable bonds is 6. The molecule has 1 spiro atoms. The number of aliphatic hydroxyl groups excluding tert-OH is 1. The molecule has 1 saturated heterocycles. The Bertz CT molecular complexity index is 1400. The molecule has 9 heteroatoms. The van der Waals surface area contributed by atoms with E-state index in [4.69, 9.17) is 0 Å². The van der Waals surface area contributed by atoms with Crippen LogP contribution in [0, 0.1) is 0 Å². The van der Waals surface area contributed by atoms with Crippen molar-refractivity contribution in [2.45, 2.75) is 50.1 Å². The average Bonchev–Trinajstić information content (AvgIpc) is 3.67. The lowest BCUT2D eigenvalue weighted by Gasteiger charge is -2.43. The molecule has 4 aromatic rings. The van der Waals surface area contributed by atoms with E-state index in [0.717, 1.165) is 59.9 Å². The molecular weight excluding hydrogens is 466 g/mol. The molecule has 2 aliphatic rings. The first kappa shape index (κ1) is 23.5. The number of benzene rings is 1. The molecule has 0 radical (unpaired) electrons. The minimum Gasteiger partial charge on any atom is -0.395 e. The van der Waals surface area contributed by atoms with E-state index in [1.807, 2.05) is 55.1 Å². The van der Waals surface area contributed by atoms with Gasteiger partial charge in [0.2, 0.25) is 5.91 Å². The van der Waals surface area contributed by atoms with Crippen LogP contribution in [0.2, 0.25) is 0 Å². The number of carbonyl (C=O) groups excluding carboxylic acids is 1. The number of hydrogen-bond acceptors (Lipinski definition) is 6. The second kappa shape index (κ2) is 9.55. The maximum Gasteiger partial charge on any atom is 0.223 e. The van der Waals surface area contributed by atoms with Crippen molar-refractivity contribution in [3.05, 3.63) is 61.4 Å². The van der Waals surface area contributed by atoms with Gasteiger partial charge in [0.1, 0.15) is 0 Å². The SMILES string of the molecule is Cn1cc(-c2cccc(-c3ncc(-c4cnn([C@H]5CC[C@]6(CCC(=O)N6CCO)CC5)c4)cn3)c2)cn1. The Morgan fingerprint density at radius 2 is 1.65 bits per heavy atom. The second-order valence-corrected chi connectivity index (χ2v) is 10.2. The zero-order chi connectivity index (χ0) is 25.4. The molecule has 9 nitrogen and oxygen atoms in total. The molecule has 1 amide bonds. The molecule has 1 aliphatic carbocycles. The van der Waals surface area contributed by atoms with E-state index in [1.54, 1.807) is 4.68 Å². The third-order valence-corrected chi connectivity index (χ3v) is 8.01. The average molecular weight is 498 g/mol. The Labute approximate surface area is 215 Å². The van der Waals surface area contributed by atoms with E-state index in [0.29, 0.717) is 24.8 Å². The predicted molar refractivity (Wildman–Crippen MR) is 139 cm³/mol. The Kier molecular flexibility index (Phi) is 6.08. The Balaban J connectivity index is 1.14. The van der Waals surface area contributed by atoms with Crippen molar-refractivity contribution in [3.63, 3.8) is 0 Å². The summed E-state index contributed by atoms with van der Waals surface area (Å²) >= 11 is 0. The van der Waals surface area contributed by atoms with Crippen LogP contribution in [0.4, 0.5) is 0 Å². The van der Waals surface area contributed by atoms with Gasteiger partial charge >= 0.3 is 0 Å². The van der Waals surface area contributed by atoms with Crippen LogP contribution in [0.1, 0.15) is 44.6 Å². The summed E-state index contributed by atoms with van der Waals surface area (Å²) in [5.74, 6) is 0.860. The molecule has 1 aromatic carbocycles. The lowest BCUT2D eigenvalue weighted by Crippen LogP contribution is -2.49. The predicted octanol–water partition coefficient (Wildman–Crippen LogP) is 3.88. The molecule has 37 heavy (non-hydrogen) atoms. The first-order chi connectivity index (χ1) is 18.0. The number of aryl methyl sites for hydroxylation is 1. The molecule has 0 atom stereocenters. The van der Waals surface area contributed by atoms with E-state index < -0.39 is 0 Å². The maximum absolute atomic E-state index is 12.3. The van der Waals surface area contributed by atoms with Gasteiger partial charge in [-0.3, -0.25) is 14.2 Å². The van der Waals surface area contributed by atoms with E-state index in [-0.39, 0.29) is 18.1 Å². The summed E-state index contributed by atoms with van der Waals surface area (Å²) in [5.41, 5.74) is 4.94. The Hall–Kier alpha value is -3.85. The number of β-amino-alcohol motifs (C(OH)–C–C–N with tert-alkyl or cyclic N) is 1. The molecule has 0 unspecified atom stereocenters. The summed E-state index contributed by atoms with van der Waals surface area (Å²) in [7, 11) is 1.91. The highest BCUT2D eigenvalue weighted by Gasteiger charge is 2.47. The number of nitrogens with zero attached hydrogens (tertiary/aromatic N) is 7. The van der Waals surface area contributed by atoms with Crippen LogP contribution in [-0.2, 0) is 11.8 Å². The molecule has 4 heterocycles. The number of carbonyl (C=O) groups is 1. The minimum absolute atomic E-state index is 0.0240. The quantitative estimate of drug-likeness (QED) is 0.434. The maximum atomic E-state index is 12.3. The minimum atomic E-state index is -0.0791. The fraction of sp³-hybridized carbons (Fsp3) is 0.393. The van der Waals surface area contributed by atoms with Crippen LogP contribution in [0.25, 0.3) is 33.6 Å². The molecule has 0 bridgehead atoms. The van der Waals surface area contributed by atoms with Crippen LogP contribution >= 0.6 is 0 Å². The van der Waals surface area contributed by atoms with Crippen molar-refractivity contribution in [3.8, 4) is 33.6 Å². The van der Waals surface area contributed by atoms with Gasteiger partial charge in [-0.05, 0) is 43.7 Å². The highest BCUT2D eigenvalue weighted by molar-refractivity contribution is 5.79. The number of aliphatic hydroxyl groups is 1.